The van der Waals surface area contributed by atoms with Crippen LogP contribution in [0.1, 0.15) is 16.1 Å². The molecule has 0 fully saturated rings. The van der Waals surface area contributed by atoms with Crippen molar-refractivity contribution in [2.45, 2.75) is 6.54 Å². The largest absolute Gasteiger partial charge is 0.476 e. The van der Waals surface area contributed by atoms with Gasteiger partial charge in [0.05, 0.1) is 19.1 Å². The standard InChI is InChI=1S/C14H11N3O3/c18-14(19)12-13(11-4-2-1-3-5-11)17(16-15-12)8-10-6-7-20-9-10/h1-7,9H,8H2,(H,18,19). The third-order valence-electron chi connectivity index (χ3n) is 2.90. The molecule has 0 bridgehead atoms. The molecule has 0 aliphatic carbocycles. The van der Waals surface area contributed by atoms with Crippen LogP contribution >= 0.6 is 0 Å². The number of hydrogen-bond donors (Lipinski definition) is 1. The quantitative estimate of drug-likeness (QED) is 0.785. The Bertz CT molecular complexity index is 717. The van der Waals surface area contributed by atoms with Gasteiger partial charge < -0.3 is 9.52 Å². The number of furan rings is 1. The molecule has 0 aliphatic rings. The SMILES string of the molecule is O=C(O)c1nnn(Cc2ccoc2)c1-c1ccccc1. The average molecular weight is 269 g/mol. The van der Waals surface area contributed by atoms with Crippen LogP contribution in [0.15, 0.2) is 53.3 Å². The highest BCUT2D eigenvalue weighted by Crippen LogP contribution is 2.23. The van der Waals surface area contributed by atoms with E-state index in [0.29, 0.717) is 12.2 Å². The summed E-state index contributed by atoms with van der Waals surface area (Å²) in [6, 6.07) is 11.0. The number of rotatable bonds is 4. The molecule has 1 aromatic carbocycles. The molecule has 0 aliphatic heterocycles. The van der Waals surface area contributed by atoms with Gasteiger partial charge in [-0.2, -0.15) is 0 Å². The highest BCUT2D eigenvalue weighted by molar-refractivity contribution is 5.92. The molecule has 0 unspecified atom stereocenters. The van der Waals surface area contributed by atoms with E-state index in [-0.39, 0.29) is 5.69 Å². The lowest BCUT2D eigenvalue weighted by Gasteiger charge is -2.05. The number of nitrogens with zero attached hydrogens (tertiary/aromatic N) is 3. The molecule has 3 aromatic rings. The fourth-order valence-corrected chi connectivity index (χ4v) is 2.01. The van der Waals surface area contributed by atoms with Gasteiger partial charge in [0.25, 0.3) is 0 Å². The summed E-state index contributed by atoms with van der Waals surface area (Å²) in [7, 11) is 0. The summed E-state index contributed by atoms with van der Waals surface area (Å²) in [6.07, 6.45) is 3.16. The van der Waals surface area contributed by atoms with Crippen LogP contribution in [0.5, 0.6) is 0 Å². The predicted octanol–water partition coefficient (Wildman–Crippen LogP) is 2.28. The number of carboxylic acid groups (broad SMARTS) is 1. The van der Waals surface area contributed by atoms with Gasteiger partial charge in [-0.25, -0.2) is 9.48 Å². The molecule has 0 amide bonds. The van der Waals surface area contributed by atoms with Gasteiger partial charge in [0.1, 0.15) is 5.69 Å². The fourth-order valence-electron chi connectivity index (χ4n) is 2.01. The van der Waals surface area contributed by atoms with E-state index in [4.69, 9.17) is 4.42 Å². The van der Waals surface area contributed by atoms with Gasteiger partial charge in [0.2, 0.25) is 0 Å². The van der Waals surface area contributed by atoms with E-state index < -0.39 is 5.97 Å². The molecule has 2 aromatic heterocycles. The molecule has 0 atom stereocenters. The third-order valence-corrected chi connectivity index (χ3v) is 2.90. The number of benzene rings is 1. The zero-order valence-corrected chi connectivity index (χ0v) is 10.4. The van der Waals surface area contributed by atoms with Crippen molar-refractivity contribution in [1.82, 2.24) is 15.0 Å². The maximum absolute atomic E-state index is 11.3. The number of aromatic carboxylic acids is 1. The van der Waals surface area contributed by atoms with Crippen molar-refractivity contribution >= 4 is 5.97 Å². The lowest BCUT2D eigenvalue weighted by molar-refractivity contribution is 0.0691. The van der Waals surface area contributed by atoms with Gasteiger partial charge in [-0.15, -0.1) is 5.10 Å². The second kappa shape index (κ2) is 5.00. The first kappa shape index (κ1) is 12.2. The van der Waals surface area contributed by atoms with Crippen LogP contribution in [0.25, 0.3) is 11.3 Å². The van der Waals surface area contributed by atoms with E-state index in [2.05, 4.69) is 10.3 Å². The topological polar surface area (TPSA) is 81.1 Å². The van der Waals surface area contributed by atoms with Crippen LogP contribution in [0.2, 0.25) is 0 Å². The maximum atomic E-state index is 11.3. The van der Waals surface area contributed by atoms with E-state index >= 15 is 0 Å². The van der Waals surface area contributed by atoms with Crippen molar-refractivity contribution < 1.29 is 14.3 Å². The molecule has 0 radical (unpaired) electrons. The summed E-state index contributed by atoms with van der Waals surface area (Å²) < 4.78 is 6.57. The molecule has 20 heavy (non-hydrogen) atoms. The van der Waals surface area contributed by atoms with Gasteiger partial charge in [-0.05, 0) is 6.07 Å². The van der Waals surface area contributed by atoms with Crippen molar-refractivity contribution in [3.8, 4) is 11.3 Å². The Balaban J connectivity index is 2.09. The average Bonchev–Trinajstić information content (AvgIpc) is 3.09. The molecule has 1 N–H and O–H groups in total. The van der Waals surface area contributed by atoms with Gasteiger partial charge in [-0.1, -0.05) is 35.5 Å². The van der Waals surface area contributed by atoms with Gasteiger partial charge in [-0.3, -0.25) is 0 Å². The lowest BCUT2D eigenvalue weighted by Crippen LogP contribution is -2.05. The van der Waals surface area contributed by atoms with Crippen LogP contribution in [0, 0.1) is 0 Å². The van der Waals surface area contributed by atoms with Crippen LogP contribution in [-0.2, 0) is 6.54 Å². The first-order valence-corrected chi connectivity index (χ1v) is 5.99. The fraction of sp³-hybridized carbons (Fsp3) is 0.0714. The monoisotopic (exact) mass is 269 g/mol. The van der Waals surface area contributed by atoms with Crippen molar-refractivity contribution in [3.63, 3.8) is 0 Å². The minimum atomic E-state index is -1.10. The smallest absolute Gasteiger partial charge is 0.358 e. The molecule has 6 heteroatoms. The van der Waals surface area contributed by atoms with E-state index in [1.807, 2.05) is 30.3 Å². The van der Waals surface area contributed by atoms with E-state index in [0.717, 1.165) is 11.1 Å². The van der Waals surface area contributed by atoms with E-state index in [9.17, 15) is 9.90 Å². The van der Waals surface area contributed by atoms with Gasteiger partial charge in [0, 0.05) is 11.1 Å². The first-order valence-electron chi connectivity index (χ1n) is 5.99. The number of aromatic nitrogens is 3. The Morgan fingerprint density at radius 1 is 1.25 bits per heavy atom. The maximum Gasteiger partial charge on any atom is 0.358 e. The molecule has 0 spiro atoms. The van der Waals surface area contributed by atoms with Crippen molar-refractivity contribution in [2.24, 2.45) is 0 Å². The molecule has 3 rings (SSSR count). The highest BCUT2D eigenvalue weighted by Gasteiger charge is 2.20. The first-order chi connectivity index (χ1) is 9.75. The predicted molar refractivity (Wildman–Crippen MR) is 70.2 cm³/mol. The number of carboxylic acids is 1. The van der Waals surface area contributed by atoms with Gasteiger partial charge >= 0.3 is 5.97 Å². The second-order valence-corrected chi connectivity index (χ2v) is 4.25. The zero-order valence-electron chi connectivity index (χ0n) is 10.4. The van der Waals surface area contributed by atoms with Crippen LogP contribution in [0.4, 0.5) is 0 Å². The summed E-state index contributed by atoms with van der Waals surface area (Å²) in [5.74, 6) is -1.10. The summed E-state index contributed by atoms with van der Waals surface area (Å²) in [5, 5.41) is 16.9. The lowest BCUT2D eigenvalue weighted by atomic mass is 10.1. The highest BCUT2D eigenvalue weighted by atomic mass is 16.4. The summed E-state index contributed by atoms with van der Waals surface area (Å²) in [5.41, 5.74) is 2.08. The van der Waals surface area contributed by atoms with E-state index in [1.54, 1.807) is 23.3 Å². The normalized spacial score (nSPS) is 10.6. The Hall–Kier alpha value is -2.89. The molecule has 0 saturated carbocycles. The second-order valence-electron chi connectivity index (χ2n) is 4.25. The molecule has 0 saturated heterocycles. The van der Waals surface area contributed by atoms with Crippen molar-refractivity contribution in [1.29, 1.82) is 0 Å². The summed E-state index contributed by atoms with van der Waals surface area (Å²) >= 11 is 0. The van der Waals surface area contributed by atoms with Crippen molar-refractivity contribution in [3.05, 3.63) is 60.2 Å². The molecular weight excluding hydrogens is 258 g/mol. The van der Waals surface area contributed by atoms with Crippen LogP contribution < -0.4 is 0 Å². The Morgan fingerprint density at radius 3 is 2.70 bits per heavy atom. The molecule has 2 heterocycles. The van der Waals surface area contributed by atoms with Crippen LogP contribution in [0.3, 0.4) is 0 Å². The van der Waals surface area contributed by atoms with Crippen LogP contribution in [-0.4, -0.2) is 26.1 Å². The third kappa shape index (κ3) is 2.18. The number of hydrogen-bond acceptors (Lipinski definition) is 4. The summed E-state index contributed by atoms with van der Waals surface area (Å²) in [6.45, 7) is 0.404. The zero-order chi connectivity index (χ0) is 13.9. The number of carbonyl (C=O) groups is 1. The Morgan fingerprint density at radius 2 is 2.05 bits per heavy atom. The molecular formula is C14H11N3O3. The molecule has 6 nitrogen and oxygen atoms in total. The summed E-state index contributed by atoms with van der Waals surface area (Å²) in [4.78, 5) is 11.3. The Labute approximate surface area is 114 Å². The van der Waals surface area contributed by atoms with E-state index in [1.165, 1.54) is 0 Å². The minimum Gasteiger partial charge on any atom is -0.476 e. The van der Waals surface area contributed by atoms with Gasteiger partial charge in [0.15, 0.2) is 5.69 Å². The molecule has 100 valence electrons. The Kier molecular flexibility index (Phi) is 3.04. The minimum absolute atomic E-state index is 0.0558. The van der Waals surface area contributed by atoms with Crippen molar-refractivity contribution in [2.75, 3.05) is 0 Å².